The average molecular weight is 1640 g/mol. The number of aromatic nitrogens is 6. The van der Waals surface area contributed by atoms with Crippen LogP contribution in [0.4, 0.5) is 17.2 Å². The third kappa shape index (κ3) is 21.3. The summed E-state index contributed by atoms with van der Waals surface area (Å²) in [5, 5.41) is 16.6. The second kappa shape index (κ2) is 41.1. The molecule has 3 aliphatic heterocycles. The lowest BCUT2D eigenvalue weighted by molar-refractivity contribution is 0.0727. The molecule has 0 radical (unpaired) electrons. The van der Waals surface area contributed by atoms with Gasteiger partial charge < -0.3 is 54.6 Å². The van der Waals surface area contributed by atoms with Crippen LogP contribution in [0.2, 0.25) is 10.3 Å². The zero-order chi connectivity index (χ0) is 82.2. The number of nitrogens with one attached hydrogen (secondary N) is 2. The Morgan fingerprint density at radius 2 is 0.897 bits per heavy atom. The maximum atomic E-state index is 12.7. The highest BCUT2D eigenvalue weighted by molar-refractivity contribution is 7.80. The Bertz CT molecular complexity index is 5650. The van der Waals surface area contributed by atoms with E-state index >= 15 is 0 Å². The lowest BCUT2D eigenvalue weighted by atomic mass is 9.90. The summed E-state index contributed by atoms with van der Waals surface area (Å²) < 4.78 is 31.4. The minimum Gasteiger partial charge on any atom is -0.493 e. The van der Waals surface area contributed by atoms with Crippen molar-refractivity contribution in [1.82, 2.24) is 45.0 Å². The number of pyridine rings is 6. The van der Waals surface area contributed by atoms with Crippen LogP contribution in [0.3, 0.4) is 0 Å². The molecule has 0 unspecified atom stereocenters. The summed E-state index contributed by atoms with van der Waals surface area (Å²) in [5.41, 5.74) is 19.7. The summed E-state index contributed by atoms with van der Waals surface area (Å²) in [7, 11) is 8.66. The van der Waals surface area contributed by atoms with Crippen LogP contribution >= 0.6 is 42.7 Å². The number of fused-ring (bicyclic) bond motifs is 5. The Labute approximate surface area is 696 Å². The van der Waals surface area contributed by atoms with E-state index < -0.39 is 13.2 Å². The molecule has 594 valence electrons. The number of aryl methyl sites for hydroxylation is 1. The molecule has 9 heterocycles. The van der Waals surface area contributed by atoms with Crippen molar-refractivity contribution in [2.45, 2.75) is 45.8 Å². The number of methoxy groups -OCH3 is 6. The van der Waals surface area contributed by atoms with E-state index in [1.54, 1.807) is 128 Å². The first-order valence-electron chi connectivity index (χ1n) is 37.5. The number of ether oxygens (including phenoxy) is 6. The molecule has 17 rings (SSSR count). The maximum Gasteiger partial charge on any atom is 0.255 e. The fraction of sp³-hybridized carbons (Fsp3) is 0.172. The molecule has 24 heteroatoms. The highest BCUT2D eigenvalue weighted by Crippen LogP contribution is 2.45. The van der Waals surface area contributed by atoms with Crippen LogP contribution in [-0.4, -0.2) is 119 Å². The average Bonchev–Trinajstić information content (AvgIpc) is 0.741. The first kappa shape index (κ1) is 83.9. The van der Waals surface area contributed by atoms with Crippen LogP contribution in [0.1, 0.15) is 70.0 Å². The molecule has 4 N–H and O–H groups in total. The SMILES string of the molecule is COc1cc(N)cc(OC)c1OC.COc1cc(Nc2cc3c(cn2)CN(C(=O)c2cccnc2)CC3)cc(OC)c1OC.Cc1ccc2ccccc2c1-c1c(P(c2ccccc2)c2ccccc2)ccc2ccccc12.Clc1cc2c(cn1)CNCC2.O=C(Cl)c1cccnc1.O=C(c1cccnc1)N1CCc2cc(Cl)ncc2C1. The van der Waals surface area contributed by atoms with Crippen LogP contribution in [-0.2, 0) is 38.9 Å². The molecule has 14 aromatic rings. The monoisotopic (exact) mass is 1640 g/mol. The number of amides is 2. The number of carbonyl (C=O) groups excluding carboxylic acids is 3. The largest absolute Gasteiger partial charge is 0.493 e. The molecule has 0 fully saturated rings. The van der Waals surface area contributed by atoms with Crippen LogP contribution in [0.5, 0.6) is 34.5 Å². The van der Waals surface area contributed by atoms with Crippen molar-refractivity contribution in [2.24, 2.45) is 0 Å². The first-order valence-corrected chi connectivity index (χ1v) is 40.0. The number of nitrogen functional groups attached to an aromatic ring is 1. The zero-order valence-electron chi connectivity index (χ0n) is 65.7. The van der Waals surface area contributed by atoms with Crippen LogP contribution < -0.4 is 60.7 Å². The number of halogens is 3. The number of hydrogen-bond acceptors (Lipinski definition) is 18. The van der Waals surface area contributed by atoms with Gasteiger partial charge in [0.1, 0.15) is 16.1 Å². The van der Waals surface area contributed by atoms with Crippen LogP contribution in [0, 0.1) is 6.92 Å². The van der Waals surface area contributed by atoms with Gasteiger partial charge in [0, 0.05) is 124 Å². The number of anilines is 3. The maximum absolute atomic E-state index is 12.7. The summed E-state index contributed by atoms with van der Waals surface area (Å²) in [6, 6.07) is 72.1. The molecule has 8 aromatic carbocycles. The lowest BCUT2D eigenvalue weighted by Crippen LogP contribution is -2.36. The van der Waals surface area contributed by atoms with E-state index in [-0.39, 0.29) is 11.8 Å². The van der Waals surface area contributed by atoms with Gasteiger partial charge in [-0.3, -0.25) is 29.3 Å². The normalized spacial score (nSPS) is 12.2. The molecule has 3 aliphatic rings. The van der Waals surface area contributed by atoms with Crippen LogP contribution in [0.25, 0.3) is 32.7 Å². The smallest absolute Gasteiger partial charge is 0.255 e. The Hall–Kier alpha value is -12.6. The number of rotatable bonds is 15. The van der Waals surface area contributed by atoms with Crippen molar-refractivity contribution in [2.75, 3.05) is 73.3 Å². The van der Waals surface area contributed by atoms with Crippen molar-refractivity contribution in [3.63, 3.8) is 0 Å². The molecule has 0 saturated carbocycles. The van der Waals surface area contributed by atoms with Gasteiger partial charge in [-0.25, -0.2) is 15.0 Å². The van der Waals surface area contributed by atoms with Crippen molar-refractivity contribution >= 4 is 114 Å². The minimum absolute atomic E-state index is 0.00806. The van der Waals surface area contributed by atoms with Gasteiger partial charge in [-0.2, -0.15) is 0 Å². The molecule has 0 aliphatic carbocycles. The van der Waals surface area contributed by atoms with Crippen molar-refractivity contribution in [1.29, 1.82) is 0 Å². The fourth-order valence-electron chi connectivity index (χ4n) is 13.8. The minimum atomic E-state index is -0.731. The van der Waals surface area contributed by atoms with Gasteiger partial charge in [0.05, 0.1) is 59.3 Å². The number of nitrogens with zero attached hydrogens (tertiary/aromatic N) is 8. The van der Waals surface area contributed by atoms with Crippen molar-refractivity contribution in [3.8, 4) is 45.6 Å². The highest BCUT2D eigenvalue weighted by atomic mass is 35.5. The Kier molecular flexibility index (Phi) is 29.5. The van der Waals surface area contributed by atoms with Crippen molar-refractivity contribution in [3.05, 3.63) is 334 Å². The van der Waals surface area contributed by atoms with Gasteiger partial charge in [-0.05, 0) is 194 Å². The summed E-state index contributed by atoms with van der Waals surface area (Å²) >= 11 is 16.7. The zero-order valence-corrected chi connectivity index (χ0v) is 68.8. The van der Waals surface area contributed by atoms with E-state index in [9.17, 15) is 14.4 Å². The predicted octanol–water partition coefficient (Wildman–Crippen LogP) is 17.6. The Balaban J connectivity index is 0.000000138. The molecule has 0 atom stereocenters. The molecule has 6 aromatic heterocycles. The van der Waals surface area contributed by atoms with Crippen molar-refractivity contribution < 1.29 is 42.8 Å². The Morgan fingerprint density at radius 1 is 0.453 bits per heavy atom. The van der Waals surface area contributed by atoms with Gasteiger partial charge >= 0.3 is 0 Å². The van der Waals surface area contributed by atoms with E-state index in [1.165, 1.54) is 82.6 Å². The molecule has 0 bridgehead atoms. The molecular formula is C93H87Cl3N11O9P. The number of carbonyl (C=O) groups is 3. The first-order chi connectivity index (χ1) is 57.1. The summed E-state index contributed by atoms with van der Waals surface area (Å²) in [6.07, 6.45) is 17.6. The number of benzene rings is 8. The third-order valence-corrected chi connectivity index (χ3v) is 22.7. The van der Waals surface area contributed by atoms with Crippen LogP contribution in [0.15, 0.2) is 268 Å². The standard InChI is InChI=1S/C33H25P.C23H24N4O4.C14H12ClN3O.C9H13NO3.C8H9ClN2.C6H4ClNO/c1-24-20-21-25-12-8-10-18-29(25)32(24)33-30-19-11-9-13-26(30)22-23-31(33)34(27-14-4-2-5-15-27)28-16-6-3-7-17-28;1-29-19-10-18(11-20(30-2)22(19)31-3)26-21-9-15-6-8-27(14-17(15)13-25-21)23(28)16-5-4-7-24-12-16;15-13-6-10-3-5-18(9-12(10)8-17-13)14(19)11-2-1-4-16-7-11;1-11-7-4-6(10)5-8(12-2)9(7)13-3;9-8-3-6-1-2-10-4-7(6)5-11-8;7-6(9)5-2-1-3-8-4-5/h2-23H,1H3;4-5,7,9-13H,6,8,14H2,1-3H3,(H,25,26);1-2,4,6-8H,3,5,9H2;4-5H,10H2,1-3H3;3,5,10H,1-2,4H2;1-4H. The molecule has 2 amide bonds. The van der Waals surface area contributed by atoms with E-state index in [0.717, 1.165) is 49.2 Å². The molecular weight excluding hydrogens is 1550 g/mol. The van der Waals surface area contributed by atoms with Gasteiger partial charge in [0.2, 0.25) is 11.5 Å². The lowest BCUT2D eigenvalue weighted by Gasteiger charge is -2.29. The third-order valence-electron chi connectivity index (χ3n) is 19.6. The topological polar surface area (TPSA) is 240 Å². The quantitative estimate of drug-likeness (QED) is 0.0374. The van der Waals surface area contributed by atoms with E-state index in [2.05, 4.69) is 181 Å². The van der Waals surface area contributed by atoms with E-state index in [1.807, 2.05) is 52.5 Å². The van der Waals surface area contributed by atoms with E-state index in [0.29, 0.717) is 99.2 Å². The molecule has 20 nitrogen and oxygen atoms in total. The fourth-order valence-corrected chi connectivity index (χ4v) is 16.8. The molecule has 0 spiro atoms. The molecule has 117 heavy (non-hydrogen) atoms. The number of nitrogens with two attached hydrogens (primary N) is 1. The second-order valence-electron chi connectivity index (χ2n) is 26.9. The number of hydrogen-bond donors (Lipinski definition) is 3. The summed E-state index contributed by atoms with van der Waals surface area (Å²) in [5.74, 6) is 4.05. The second-order valence-corrected chi connectivity index (χ2v) is 30.2. The van der Waals surface area contributed by atoms with E-state index in [4.69, 9.17) is 69.0 Å². The van der Waals surface area contributed by atoms with Gasteiger partial charge in [0.15, 0.2) is 23.0 Å². The highest BCUT2D eigenvalue weighted by Gasteiger charge is 2.27. The summed E-state index contributed by atoms with van der Waals surface area (Å²) in [6.45, 7) is 6.68. The van der Waals surface area contributed by atoms with Gasteiger partial charge in [0.25, 0.3) is 17.1 Å². The predicted molar refractivity (Wildman–Crippen MR) is 468 cm³/mol. The summed E-state index contributed by atoms with van der Waals surface area (Å²) in [4.78, 5) is 63.4. The Morgan fingerprint density at radius 3 is 1.38 bits per heavy atom. The molecule has 0 saturated heterocycles. The van der Waals surface area contributed by atoms with Gasteiger partial charge in [-0.15, -0.1) is 0 Å². The van der Waals surface area contributed by atoms with Gasteiger partial charge in [-0.1, -0.05) is 157 Å².